The second kappa shape index (κ2) is 8.67. The van der Waals surface area contributed by atoms with Crippen LogP contribution in [0.2, 0.25) is 0 Å². The number of benzene rings is 1. The Hall–Kier alpha value is -1.10. The molecule has 2 heterocycles. The highest BCUT2D eigenvalue weighted by Crippen LogP contribution is 2.15. The number of para-hydroxylation sites is 1. The van der Waals surface area contributed by atoms with Gasteiger partial charge in [0.2, 0.25) is 0 Å². The molecule has 2 unspecified atom stereocenters. The number of hydrogen-bond acceptors (Lipinski definition) is 4. The topological polar surface area (TPSA) is 13.0 Å². The Bertz CT molecular complexity index is 450. The van der Waals surface area contributed by atoms with Crippen molar-refractivity contribution in [2.45, 2.75) is 12.8 Å². The number of rotatable bonds is 1. The lowest BCUT2D eigenvalue weighted by atomic mass is 10.2. The molecule has 2 aliphatic rings. The van der Waals surface area contributed by atoms with Crippen LogP contribution < -0.4 is 4.90 Å². The maximum atomic E-state index is 2.67. The summed E-state index contributed by atoms with van der Waals surface area (Å²) in [5.74, 6) is 0. The van der Waals surface area contributed by atoms with Gasteiger partial charge < -0.3 is 19.6 Å². The fraction of sp³-hybridized carbons (Fsp3) is 0.684. The first-order valence-electron chi connectivity index (χ1n) is 9.24. The first kappa shape index (κ1) is 16.7. The zero-order chi connectivity index (χ0) is 15.9. The Labute approximate surface area is 141 Å². The van der Waals surface area contributed by atoms with Crippen molar-refractivity contribution in [3.05, 3.63) is 30.3 Å². The number of fused-ring (bicyclic) bond motifs is 3. The number of nitrogens with zero attached hydrogens (tertiary/aromatic N) is 4. The molecular weight excluding hydrogens is 284 g/mol. The highest BCUT2D eigenvalue weighted by atomic mass is 15.3. The molecule has 2 aliphatic heterocycles. The van der Waals surface area contributed by atoms with Gasteiger partial charge in [0.15, 0.2) is 0 Å². The second-order valence-corrected chi connectivity index (χ2v) is 7.02. The van der Waals surface area contributed by atoms with E-state index in [1.54, 1.807) is 0 Å². The van der Waals surface area contributed by atoms with Crippen molar-refractivity contribution >= 4 is 5.69 Å². The van der Waals surface area contributed by atoms with Gasteiger partial charge in [0, 0.05) is 51.5 Å². The molecule has 2 bridgehead atoms. The molecule has 23 heavy (non-hydrogen) atoms. The average molecular weight is 316 g/mol. The van der Waals surface area contributed by atoms with E-state index in [1.165, 1.54) is 77.4 Å². The highest BCUT2D eigenvalue weighted by molar-refractivity contribution is 5.45. The summed E-state index contributed by atoms with van der Waals surface area (Å²) >= 11 is 0. The molecule has 0 radical (unpaired) electrons. The first-order valence-corrected chi connectivity index (χ1v) is 9.24. The fourth-order valence-corrected chi connectivity index (χ4v) is 3.70. The molecule has 0 N–H and O–H groups in total. The number of likely N-dealkylation sites (N-methyl/N-ethyl adjacent to an activating group) is 1. The van der Waals surface area contributed by atoms with Crippen LogP contribution in [0.25, 0.3) is 0 Å². The van der Waals surface area contributed by atoms with E-state index in [4.69, 9.17) is 0 Å². The molecule has 4 heteroatoms. The Morgan fingerprint density at radius 3 is 1.96 bits per heavy atom. The minimum Gasteiger partial charge on any atom is -0.370 e. The van der Waals surface area contributed by atoms with Crippen LogP contribution in [0.5, 0.6) is 0 Å². The third kappa shape index (κ3) is 5.20. The summed E-state index contributed by atoms with van der Waals surface area (Å²) in [6, 6.07) is 10.9. The van der Waals surface area contributed by atoms with Crippen molar-refractivity contribution in [2.75, 3.05) is 77.4 Å². The average Bonchev–Trinajstić information content (AvgIpc) is 2.59. The van der Waals surface area contributed by atoms with Gasteiger partial charge in [-0.1, -0.05) is 18.2 Å². The Morgan fingerprint density at radius 2 is 1.22 bits per heavy atom. The number of hydrogen-bond donors (Lipinski definition) is 0. The van der Waals surface area contributed by atoms with Gasteiger partial charge in [0.1, 0.15) is 0 Å². The van der Waals surface area contributed by atoms with Crippen LogP contribution >= 0.6 is 0 Å². The van der Waals surface area contributed by atoms with Gasteiger partial charge in [0.25, 0.3) is 0 Å². The molecule has 2 fully saturated rings. The lowest BCUT2D eigenvalue weighted by molar-refractivity contribution is 0.158. The maximum absolute atomic E-state index is 2.67. The highest BCUT2D eigenvalue weighted by Gasteiger charge is 2.17. The van der Waals surface area contributed by atoms with Crippen LogP contribution in [0, 0.1) is 0 Å². The summed E-state index contributed by atoms with van der Waals surface area (Å²) in [6.07, 6.45) is 2.56. The van der Waals surface area contributed by atoms with Gasteiger partial charge in [0.05, 0.1) is 0 Å². The van der Waals surface area contributed by atoms with Crippen molar-refractivity contribution in [3.8, 4) is 0 Å². The van der Waals surface area contributed by atoms with Crippen LogP contribution in [-0.4, -0.2) is 87.2 Å². The van der Waals surface area contributed by atoms with Crippen molar-refractivity contribution in [1.82, 2.24) is 14.7 Å². The molecule has 1 aromatic carbocycles. The van der Waals surface area contributed by atoms with Crippen molar-refractivity contribution in [3.63, 3.8) is 0 Å². The minimum atomic E-state index is 1.15. The molecule has 128 valence electrons. The van der Waals surface area contributed by atoms with Crippen LogP contribution in [0.3, 0.4) is 0 Å². The summed E-state index contributed by atoms with van der Waals surface area (Å²) in [7, 11) is 2.27. The van der Waals surface area contributed by atoms with Gasteiger partial charge >= 0.3 is 0 Å². The third-order valence-corrected chi connectivity index (χ3v) is 5.25. The lowest BCUT2D eigenvalue weighted by Crippen LogP contribution is -2.46. The molecular formula is C19H32N4. The summed E-state index contributed by atoms with van der Waals surface area (Å²) in [5.41, 5.74) is 1.38. The molecule has 2 saturated heterocycles. The number of anilines is 1. The van der Waals surface area contributed by atoms with E-state index < -0.39 is 0 Å². The van der Waals surface area contributed by atoms with Crippen molar-refractivity contribution in [1.29, 1.82) is 0 Å². The van der Waals surface area contributed by atoms with Crippen LogP contribution in [-0.2, 0) is 0 Å². The van der Waals surface area contributed by atoms with Gasteiger partial charge in [-0.25, -0.2) is 0 Å². The molecule has 0 spiro atoms. The van der Waals surface area contributed by atoms with E-state index in [0.29, 0.717) is 0 Å². The smallest absolute Gasteiger partial charge is 0.0366 e. The van der Waals surface area contributed by atoms with E-state index >= 15 is 0 Å². The van der Waals surface area contributed by atoms with Crippen LogP contribution in [0.1, 0.15) is 12.8 Å². The SMILES string of the molecule is CN1CCCN2CCN(CCCN(c3ccccc3)CC2)CC1. The molecule has 4 nitrogen and oxygen atoms in total. The van der Waals surface area contributed by atoms with E-state index in [0.717, 1.165) is 6.54 Å². The molecule has 3 rings (SSSR count). The third-order valence-electron chi connectivity index (χ3n) is 5.25. The van der Waals surface area contributed by atoms with Gasteiger partial charge in [-0.15, -0.1) is 0 Å². The summed E-state index contributed by atoms with van der Waals surface area (Å²) in [5, 5.41) is 0. The lowest BCUT2D eigenvalue weighted by Gasteiger charge is -2.35. The zero-order valence-electron chi connectivity index (χ0n) is 14.7. The van der Waals surface area contributed by atoms with Crippen LogP contribution in [0.15, 0.2) is 30.3 Å². The normalized spacial score (nSPS) is 28.5. The Kier molecular flexibility index (Phi) is 6.31. The predicted octanol–water partition coefficient (Wildman–Crippen LogP) is 1.84. The van der Waals surface area contributed by atoms with Gasteiger partial charge in [-0.2, -0.15) is 0 Å². The molecule has 1 aromatic rings. The molecule has 2 atom stereocenters. The van der Waals surface area contributed by atoms with Crippen LogP contribution in [0.4, 0.5) is 5.69 Å². The molecule has 0 saturated carbocycles. The van der Waals surface area contributed by atoms with Crippen molar-refractivity contribution in [2.24, 2.45) is 0 Å². The van der Waals surface area contributed by atoms with E-state index in [2.05, 4.69) is 57.0 Å². The summed E-state index contributed by atoms with van der Waals surface area (Å²) < 4.78 is 0. The van der Waals surface area contributed by atoms with E-state index in [1.807, 2.05) is 0 Å². The van der Waals surface area contributed by atoms with Gasteiger partial charge in [-0.3, -0.25) is 0 Å². The van der Waals surface area contributed by atoms with E-state index in [9.17, 15) is 0 Å². The minimum absolute atomic E-state index is 1.15. The van der Waals surface area contributed by atoms with Gasteiger partial charge in [-0.05, 0) is 51.7 Å². The zero-order valence-corrected chi connectivity index (χ0v) is 14.7. The largest absolute Gasteiger partial charge is 0.370 e. The maximum Gasteiger partial charge on any atom is 0.0366 e. The molecule has 0 amide bonds. The predicted molar refractivity (Wildman–Crippen MR) is 98.3 cm³/mol. The molecule has 0 aliphatic carbocycles. The quantitative estimate of drug-likeness (QED) is 0.784. The Morgan fingerprint density at radius 1 is 0.609 bits per heavy atom. The molecule has 0 aromatic heterocycles. The summed E-state index contributed by atoms with van der Waals surface area (Å²) in [4.78, 5) is 10.4. The monoisotopic (exact) mass is 316 g/mol. The van der Waals surface area contributed by atoms with E-state index in [-0.39, 0.29) is 0 Å². The standard InChI is InChI=1S/C19H32N4/c1-20-9-5-10-22-16-15-21(14-13-20)11-6-12-23(18-17-22)19-7-3-2-4-8-19/h2-4,7-8H,5-6,9-18H2,1H3. The second-order valence-electron chi connectivity index (χ2n) is 7.02. The summed E-state index contributed by atoms with van der Waals surface area (Å²) in [6.45, 7) is 12.1. The van der Waals surface area contributed by atoms with Crippen molar-refractivity contribution < 1.29 is 0 Å². The Balaban J connectivity index is 1.68. The first-order chi connectivity index (χ1) is 11.3. The fourth-order valence-electron chi connectivity index (χ4n) is 3.70.